The predicted octanol–water partition coefficient (Wildman–Crippen LogP) is 4.80. The van der Waals surface area contributed by atoms with Crippen molar-refractivity contribution in [2.45, 2.75) is 26.2 Å². The molecule has 0 saturated heterocycles. The van der Waals surface area contributed by atoms with Crippen LogP contribution in [0.1, 0.15) is 35.7 Å². The van der Waals surface area contributed by atoms with E-state index in [4.69, 9.17) is 0 Å². The van der Waals surface area contributed by atoms with Crippen molar-refractivity contribution in [1.29, 1.82) is 0 Å². The minimum Gasteiger partial charge on any atom is -0.298 e. The zero-order chi connectivity index (χ0) is 16.8. The zero-order valence-corrected chi connectivity index (χ0v) is 14.3. The molecule has 5 heteroatoms. The fraction of sp³-hybridized carbons (Fsp3) is 0.211. The second kappa shape index (κ2) is 7.84. The lowest BCUT2D eigenvalue weighted by Crippen LogP contribution is -2.11. The number of thiazole rings is 1. The van der Waals surface area contributed by atoms with Crippen molar-refractivity contribution < 1.29 is 4.79 Å². The number of carbonyl (C=O) groups excluding carboxylic acids is 1. The summed E-state index contributed by atoms with van der Waals surface area (Å²) in [5, 5.41) is 5.39. The van der Waals surface area contributed by atoms with Crippen molar-refractivity contribution in [1.82, 2.24) is 9.97 Å². The van der Waals surface area contributed by atoms with Gasteiger partial charge < -0.3 is 0 Å². The van der Waals surface area contributed by atoms with Gasteiger partial charge in [-0.25, -0.2) is 4.98 Å². The second-order valence-corrected chi connectivity index (χ2v) is 6.39. The molecule has 0 atom stereocenters. The number of nitrogens with one attached hydrogen (secondary N) is 1. The SMILES string of the molecule is CCCCc1ccc(-c2csc(NC(=O)c3ccncc3)n2)cc1. The van der Waals surface area contributed by atoms with Crippen LogP contribution in [0.15, 0.2) is 54.2 Å². The molecule has 3 aromatic rings. The summed E-state index contributed by atoms with van der Waals surface area (Å²) in [4.78, 5) is 20.6. The van der Waals surface area contributed by atoms with E-state index in [1.807, 2.05) is 5.38 Å². The first-order chi connectivity index (χ1) is 11.8. The Labute approximate surface area is 145 Å². The molecule has 0 radical (unpaired) electrons. The van der Waals surface area contributed by atoms with E-state index < -0.39 is 0 Å². The van der Waals surface area contributed by atoms with Crippen LogP contribution in [0.3, 0.4) is 0 Å². The molecular formula is C19H19N3OS. The summed E-state index contributed by atoms with van der Waals surface area (Å²) in [6.45, 7) is 2.20. The second-order valence-electron chi connectivity index (χ2n) is 5.53. The highest BCUT2D eigenvalue weighted by Gasteiger charge is 2.09. The summed E-state index contributed by atoms with van der Waals surface area (Å²) in [5.41, 5.74) is 3.87. The number of hydrogen-bond donors (Lipinski definition) is 1. The molecule has 2 heterocycles. The lowest BCUT2D eigenvalue weighted by atomic mass is 10.1. The molecule has 1 aromatic carbocycles. The van der Waals surface area contributed by atoms with Gasteiger partial charge in [0.25, 0.3) is 5.91 Å². The van der Waals surface area contributed by atoms with Crippen molar-refractivity contribution >= 4 is 22.4 Å². The van der Waals surface area contributed by atoms with Crippen molar-refractivity contribution in [2.75, 3.05) is 5.32 Å². The van der Waals surface area contributed by atoms with E-state index in [1.54, 1.807) is 24.5 Å². The van der Waals surface area contributed by atoms with Crippen LogP contribution in [-0.4, -0.2) is 15.9 Å². The average Bonchev–Trinajstić information content (AvgIpc) is 3.09. The molecule has 2 aromatic heterocycles. The average molecular weight is 337 g/mol. The van der Waals surface area contributed by atoms with Crippen molar-refractivity contribution in [3.8, 4) is 11.3 Å². The van der Waals surface area contributed by atoms with Crippen molar-refractivity contribution in [2.24, 2.45) is 0 Å². The Bertz CT molecular complexity index is 797. The number of aryl methyl sites for hydroxylation is 1. The van der Waals surface area contributed by atoms with Gasteiger partial charge in [0.2, 0.25) is 0 Å². The number of unbranched alkanes of at least 4 members (excludes halogenated alkanes) is 1. The first-order valence-electron chi connectivity index (χ1n) is 8.02. The fourth-order valence-electron chi connectivity index (χ4n) is 2.36. The summed E-state index contributed by atoms with van der Waals surface area (Å²) in [6, 6.07) is 11.8. The Hall–Kier alpha value is -2.53. The number of benzene rings is 1. The van der Waals surface area contributed by atoms with Gasteiger partial charge in [-0.05, 0) is 30.5 Å². The molecule has 4 nitrogen and oxygen atoms in total. The van der Waals surface area contributed by atoms with Crippen LogP contribution in [-0.2, 0) is 6.42 Å². The summed E-state index contributed by atoms with van der Waals surface area (Å²) >= 11 is 1.43. The number of carbonyl (C=O) groups is 1. The topological polar surface area (TPSA) is 54.9 Å². The van der Waals surface area contributed by atoms with E-state index in [-0.39, 0.29) is 5.91 Å². The zero-order valence-electron chi connectivity index (χ0n) is 13.5. The largest absolute Gasteiger partial charge is 0.298 e. The van der Waals surface area contributed by atoms with Crippen LogP contribution in [0, 0.1) is 0 Å². The number of nitrogens with zero attached hydrogens (tertiary/aromatic N) is 2. The quantitative estimate of drug-likeness (QED) is 0.703. The van der Waals surface area contributed by atoms with E-state index in [9.17, 15) is 4.79 Å². The third-order valence-electron chi connectivity index (χ3n) is 3.74. The summed E-state index contributed by atoms with van der Waals surface area (Å²) < 4.78 is 0. The van der Waals surface area contributed by atoms with Crippen LogP contribution in [0.2, 0.25) is 0 Å². The van der Waals surface area contributed by atoms with Crippen LogP contribution in [0.4, 0.5) is 5.13 Å². The molecule has 3 rings (SSSR count). The molecule has 1 amide bonds. The van der Waals surface area contributed by atoms with E-state index in [0.29, 0.717) is 10.7 Å². The van der Waals surface area contributed by atoms with E-state index in [0.717, 1.165) is 17.7 Å². The molecule has 0 spiro atoms. The van der Waals surface area contributed by atoms with Gasteiger partial charge in [-0.15, -0.1) is 11.3 Å². The van der Waals surface area contributed by atoms with Gasteiger partial charge in [0, 0.05) is 28.9 Å². The van der Waals surface area contributed by atoms with Gasteiger partial charge >= 0.3 is 0 Å². The van der Waals surface area contributed by atoms with E-state index >= 15 is 0 Å². The first-order valence-corrected chi connectivity index (χ1v) is 8.90. The third kappa shape index (κ3) is 4.06. The maximum atomic E-state index is 12.1. The minimum absolute atomic E-state index is 0.173. The number of amides is 1. The minimum atomic E-state index is -0.173. The third-order valence-corrected chi connectivity index (χ3v) is 4.49. The molecule has 0 aliphatic heterocycles. The number of pyridine rings is 1. The lowest BCUT2D eigenvalue weighted by molar-refractivity contribution is 0.102. The fourth-order valence-corrected chi connectivity index (χ4v) is 3.07. The highest BCUT2D eigenvalue weighted by atomic mass is 32.1. The Morgan fingerprint density at radius 3 is 2.58 bits per heavy atom. The number of aromatic nitrogens is 2. The monoisotopic (exact) mass is 337 g/mol. The number of anilines is 1. The molecule has 0 aliphatic carbocycles. The maximum absolute atomic E-state index is 12.1. The molecule has 0 fully saturated rings. The smallest absolute Gasteiger partial charge is 0.257 e. The molecule has 0 unspecified atom stereocenters. The lowest BCUT2D eigenvalue weighted by Gasteiger charge is -2.02. The van der Waals surface area contributed by atoms with Gasteiger partial charge in [-0.1, -0.05) is 37.6 Å². The molecule has 0 bridgehead atoms. The normalized spacial score (nSPS) is 10.5. The summed E-state index contributed by atoms with van der Waals surface area (Å²) in [5.74, 6) is -0.173. The van der Waals surface area contributed by atoms with Crippen LogP contribution in [0.5, 0.6) is 0 Å². The summed E-state index contributed by atoms with van der Waals surface area (Å²) in [6.07, 6.45) is 6.72. The van der Waals surface area contributed by atoms with E-state index in [1.165, 1.54) is 29.7 Å². The van der Waals surface area contributed by atoms with Gasteiger partial charge in [0.15, 0.2) is 5.13 Å². The Morgan fingerprint density at radius 1 is 1.12 bits per heavy atom. The summed E-state index contributed by atoms with van der Waals surface area (Å²) in [7, 11) is 0. The maximum Gasteiger partial charge on any atom is 0.257 e. The number of hydrogen-bond acceptors (Lipinski definition) is 4. The number of rotatable bonds is 6. The molecule has 0 aliphatic rings. The highest BCUT2D eigenvalue weighted by molar-refractivity contribution is 7.14. The Kier molecular flexibility index (Phi) is 5.33. The molecule has 24 heavy (non-hydrogen) atoms. The van der Waals surface area contributed by atoms with E-state index in [2.05, 4.69) is 46.5 Å². The molecule has 0 saturated carbocycles. The van der Waals surface area contributed by atoms with Crippen molar-refractivity contribution in [3.05, 3.63) is 65.3 Å². The Balaban J connectivity index is 1.68. The van der Waals surface area contributed by atoms with Gasteiger partial charge in [-0.2, -0.15) is 0 Å². The highest BCUT2D eigenvalue weighted by Crippen LogP contribution is 2.25. The predicted molar refractivity (Wildman–Crippen MR) is 98.4 cm³/mol. The van der Waals surface area contributed by atoms with Crippen LogP contribution < -0.4 is 5.32 Å². The first kappa shape index (κ1) is 16.3. The van der Waals surface area contributed by atoms with Crippen LogP contribution in [0.25, 0.3) is 11.3 Å². The molecular weight excluding hydrogens is 318 g/mol. The molecule has 122 valence electrons. The van der Waals surface area contributed by atoms with Gasteiger partial charge in [0.1, 0.15) is 0 Å². The molecule has 1 N–H and O–H groups in total. The van der Waals surface area contributed by atoms with Gasteiger partial charge in [0.05, 0.1) is 5.69 Å². The Morgan fingerprint density at radius 2 is 1.88 bits per heavy atom. The van der Waals surface area contributed by atoms with Crippen LogP contribution >= 0.6 is 11.3 Å². The standard InChI is InChI=1S/C19H19N3OS/c1-2-3-4-14-5-7-15(8-6-14)17-13-24-19(21-17)22-18(23)16-9-11-20-12-10-16/h5-13H,2-4H2,1H3,(H,21,22,23). The van der Waals surface area contributed by atoms with Crippen molar-refractivity contribution in [3.63, 3.8) is 0 Å². The van der Waals surface area contributed by atoms with Gasteiger partial charge in [-0.3, -0.25) is 15.1 Å².